The molecule has 0 bridgehead atoms. The van der Waals surface area contributed by atoms with E-state index in [9.17, 15) is 14.7 Å². The van der Waals surface area contributed by atoms with Crippen LogP contribution in [-0.4, -0.2) is 78.9 Å². The highest BCUT2D eigenvalue weighted by molar-refractivity contribution is 5.86. The molecule has 2 saturated heterocycles. The Morgan fingerprint density at radius 3 is 2.55 bits per heavy atom. The van der Waals surface area contributed by atoms with E-state index in [1.807, 2.05) is 14.1 Å². The third-order valence-corrected chi connectivity index (χ3v) is 4.30. The zero-order valence-corrected chi connectivity index (χ0v) is 12.3. The van der Waals surface area contributed by atoms with Crippen molar-refractivity contribution >= 4 is 12.0 Å². The fourth-order valence-electron chi connectivity index (χ4n) is 2.96. The SMILES string of the molecule is CC1CN(C(=O)NC2(C(=O)O)CCOC2)CC1N(C)C. The van der Waals surface area contributed by atoms with Crippen molar-refractivity contribution < 1.29 is 19.4 Å². The molecule has 0 aliphatic carbocycles. The maximum atomic E-state index is 12.3. The molecule has 0 radical (unpaired) electrons. The fourth-order valence-corrected chi connectivity index (χ4v) is 2.96. The lowest BCUT2D eigenvalue weighted by Crippen LogP contribution is -2.58. The monoisotopic (exact) mass is 285 g/mol. The molecule has 7 heteroatoms. The Hall–Kier alpha value is -1.34. The number of hydrogen-bond donors (Lipinski definition) is 2. The molecule has 2 heterocycles. The first-order valence-electron chi connectivity index (χ1n) is 6.90. The summed E-state index contributed by atoms with van der Waals surface area (Å²) in [5, 5.41) is 12.0. The van der Waals surface area contributed by atoms with Gasteiger partial charge in [0.25, 0.3) is 0 Å². The molecule has 0 spiro atoms. The van der Waals surface area contributed by atoms with E-state index in [0.29, 0.717) is 38.1 Å². The van der Waals surface area contributed by atoms with Gasteiger partial charge in [-0.1, -0.05) is 6.92 Å². The second-order valence-corrected chi connectivity index (χ2v) is 6.03. The third-order valence-electron chi connectivity index (χ3n) is 4.30. The van der Waals surface area contributed by atoms with E-state index in [0.717, 1.165) is 0 Å². The predicted octanol–water partition coefficient (Wildman–Crippen LogP) is -0.178. The lowest BCUT2D eigenvalue weighted by molar-refractivity contribution is -0.144. The number of amides is 2. The van der Waals surface area contributed by atoms with Gasteiger partial charge in [0.05, 0.1) is 6.61 Å². The van der Waals surface area contributed by atoms with E-state index in [4.69, 9.17) is 4.74 Å². The summed E-state index contributed by atoms with van der Waals surface area (Å²) >= 11 is 0. The van der Waals surface area contributed by atoms with Crippen molar-refractivity contribution in [2.45, 2.75) is 24.9 Å². The maximum absolute atomic E-state index is 12.3. The second-order valence-electron chi connectivity index (χ2n) is 6.03. The van der Waals surface area contributed by atoms with Gasteiger partial charge in [-0.15, -0.1) is 0 Å². The number of rotatable bonds is 3. The number of carboxylic acids is 1. The zero-order chi connectivity index (χ0) is 14.9. The number of nitrogens with zero attached hydrogens (tertiary/aromatic N) is 2. The van der Waals surface area contributed by atoms with Crippen molar-refractivity contribution in [1.29, 1.82) is 0 Å². The fraction of sp³-hybridized carbons (Fsp3) is 0.846. The standard InChI is InChI=1S/C13H23N3O4/c1-9-6-16(7-10(9)15(2)3)12(19)14-13(11(17)18)4-5-20-8-13/h9-10H,4-8H2,1-3H3,(H,14,19)(H,17,18). The first-order chi connectivity index (χ1) is 9.35. The Morgan fingerprint density at radius 1 is 1.40 bits per heavy atom. The smallest absolute Gasteiger partial charge is 0.332 e. The molecule has 3 unspecified atom stereocenters. The van der Waals surface area contributed by atoms with Crippen LogP contribution in [0.2, 0.25) is 0 Å². The Kier molecular flexibility index (Phi) is 4.19. The van der Waals surface area contributed by atoms with Gasteiger partial charge in [-0.25, -0.2) is 9.59 Å². The number of aliphatic carboxylic acids is 1. The summed E-state index contributed by atoms with van der Waals surface area (Å²) in [5.74, 6) is -0.656. The molecule has 0 aromatic carbocycles. The number of ether oxygens (including phenoxy) is 1. The topological polar surface area (TPSA) is 82.1 Å². The highest BCUT2D eigenvalue weighted by atomic mass is 16.5. The Morgan fingerprint density at radius 2 is 2.10 bits per heavy atom. The molecule has 0 aromatic rings. The molecule has 2 rings (SSSR count). The molecular weight excluding hydrogens is 262 g/mol. The normalized spacial score (nSPS) is 33.7. The van der Waals surface area contributed by atoms with Crippen molar-refractivity contribution in [2.24, 2.45) is 5.92 Å². The molecule has 20 heavy (non-hydrogen) atoms. The van der Waals surface area contributed by atoms with Crippen LogP contribution in [0, 0.1) is 5.92 Å². The summed E-state index contributed by atoms with van der Waals surface area (Å²) in [4.78, 5) is 27.5. The summed E-state index contributed by atoms with van der Waals surface area (Å²) in [6, 6.07) is -0.00421. The lowest BCUT2D eigenvalue weighted by Gasteiger charge is -2.27. The molecule has 7 nitrogen and oxygen atoms in total. The molecule has 0 aromatic heterocycles. The largest absolute Gasteiger partial charge is 0.479 e. The summed E-state index contributed by atoms with van der Waals surface area (Å²) < 4.78 is 5.14. The van der Waals surface area contributed by atoms with Crippen LogP contribution in [-0.2, 0) is 9.53 Å². The average molecular weight is 285 g/mol. The predicted molar refractivity (Wildman–Crippen MR) is 72.5 cm³/mol. The van der Waals surface area contributed by atoms with E-state index in [2.05, 4.69) is 17.1 Å². The first kappa shape index (κ1) is 15.1. The number of carboxylic acid groups (broad SMARTS) is 1. The summed E-state index contributed by atoms with van der Waals surface area (Å²) in [6.45, 7) is 3.77. The van der Waals surface area contributed by atoms with E-state index >= 15 is 0 Å². The molecule has 2 N–H and O–H groups in total. The zero-order valence-electron chi connectivity index (χ0n) is 12.3. The van der Waals surface area contributed by atoms with E-state index < -0.39 is 11.5 Å². The van der Waals surface area contributed by atoms with Gasteiger partial charge >= 0.3 is 12.0 Å². The molecule has 2 fully saturated rings. The van der Waals surface area contributed by atoms with Crippen LogP contribution in [0.25, 0.3) is 0 Å². The Balaban J connectivity index is 2.00. The molecule has 2 amide bonds. The van der Waals surface area contributed by atoms with Crippen LogP contribution in [0.1, 0.15) is 13.3 Å². The van der Waals surface area contributed by atoms with Gasteiger partial charge in [-0.3, -0.25) is 0 Å². The molecule has 3 atom stereocenters. The van der Waals surface area contributed by atoms with Gasteiger partial charge in [0.2, 0.25) is 0 Å². The number of carbonyl (C=O) groups is 2. The number of likely N-dealkylation sites (tertiary alicyclic amines) is 1. The second kappa shape index (κ2) is 5.57. The number of carbonyl (C=O) groups excluding carboxylic acids is 1. The van der Waals surface area contributed by atoms with Crippen LogP contribution < -0.4 is 5.32 Å². The minimum atomic E-state index is -1.27. The molecule has 0 saturated carbocycles. The van der Waals surface area contributed by atoms with E-state index in [1.165, 1.54) is 0 Å². The maximum Gasteiger partial charge on any atom is 0.332 e. The van der Waals surface area contributed by atoms with Crippen LogP contribution in [0.3, 0.4) is 0 Å². The van der Waals surface area contributed by atoms with Crippen molar-refractivity contribution in [3.8, 4) is 0 Å². The van der Waals surface area contributed by atoms with Gasteiger partial charge in [0, 0.05) is 32.2 Å². The minimum absolute atomic E-state index is 0.0363. The Bertz CT molecular complexity index is 393. The quantitative estimate of drug-likeness (QED) is 0.752. The van der Waals surface area contributed by atoms with E-state index in [-0.39, 0.29) is 12.6 Å². The molecule has 2 aliphatic heterocycles. The van der Waals surface area contributed by atoms with Crippen LogP contribution >= 0.6 is 0 Å². The van der Waals surface area contributed by atoms with Crippen molar-refractivity contribution in [2.75, 3.05) is 40.4 Å². The number of nitrogens with one attached hydrogen (secondary N) is 1. The van der Waals surface area contributed by atoms with Crippen LogP contribution in [0.4, 0.5) is 4.79 Å². The molecular formula is C13H23N3O4. The average Bonchev–Trinajstić information content (AvgIpc) is 2.96. The minimum Gasteiger partial charge on any atom is -0.479 e. The first-order valence-corrected chi connectivity index (χ1v) is 6.90. The summed E-state index contributed by atoms with van der Waals surface area (Å²) in [5.41, 5.74) is -1.27. The van der Waals surface area contributed by atoms with Crippen molar-refractivity contribution in [1.82, 2.24) is 15.1 Å². The molecule has 114 valence electrons. The number of hydrogen-bond acceptors (Lipinski definition) is 4. The highest BCUT2D eigenvalue weighted by Gasteiger charge is 2.45. The van der Waals surface area contributed by atoms with Gasteiger partial charge < -0.3 is 25.0 Å². The van der Waals surface area contributed by atoms with Crippen molar-refractivity contribution in [3.05, 3.63) is 0 Å². The van der Waals surface area contributed by atoms with Gasteiger partial charge in [0.1, 0.15) is 0 Å². The van der Waals surface area contributed by atoms with Gasteiger partial charge in [-0.2, -0.15) is 0 Å². The molecule has 2 aliphatic rings. The lowest BCUT2D eigenvalue weighted by atomic mass is 9.99. The van der Waals surface area contributed by atoms with Crippen LogP contribution in [0.15, 0.2) is 0 Å². The highest BCUT2D eigenvalue weighted by Crippen LogP contribution is 2.23. The third kappa shape index (κ3) is 2.73. The van der Waals surface area contributed by atoms with Gasteiger partial charge in [-0.05, 0) is 20.0 Å². The van der Waals surface area contributed by atoms with Crippen molar-refractivity contribution in [3.63, 3.8) is 0 Å². The van der Waals surface area contributed by atoms with Gasteiger partial charge in [0.15, 0.2) is 5.54 Å². The Labute approximate surface area is 118 Å². The number of urea groups is 1. The summed E-state index contributed by atoms with van der Waals surface area (Å²) in [6.07, 6.45) is 0.314. The van der Waals surface area contributed by atoms with Crippen LogP contribution in [0.5, 0.6) is 0 Å². The van der Waals surface area contributed by atoms with E-state index in [1.54, 1.807) is 4.90 Å². The summed E-state index contributed by atoms with van der Waals surface area (Å²) in [7, 11) is 3.98. The number of likely N-dealkylation sites (N-methyl/N-ethyl adjacent to an activating group) is 1.